The molecule has 0 spiro atoms. The summed E-state index contributed by atoms with van der Waals surface area (Å²) in [6.07, 6.45) is 3.69. The Morgan fingerprint density at radius 2 is 2.27 bits per heavy atom. The zero-order valence-corrected chi connectivity index (χ0v) is 5.87. The highest BCUT2D eigenvalue weighted by Gasteiger charge is 1.99. The molecule has 0 radical (unpaired) electrons. The summed E-state index contributed by atoms with van der Waals surface area (Å²) in [5.74, 6) is 0.453. The first-order valence-corrected chi connectivity index (χ1v) is 3.10. The van der Waals surface area contributed by atoms with Crippen LogP contribution < -0.4 is 11.5 Å². The normalized spacial score (nSPS) is 10.5. The molecule has 1 aromatic rings. The molecule has 1 heterocycles. The van der Waals surface area contributed by atoms with Crippen LogP contribution in [0, 0.1) is 0 Å². The van der Waals surface area contributed by atoms with Crippen molar-refractivity contribution in [1.29, 1.82) is 0 Å². The van der Waals surface area contributed by atoms with Gasteiger partial charge < -0.3 is 16.5 Å². The molecule has 58 valence electrons. The van der Waals surface area contributed by atoms with Crippen LogP contribution in [0.15, 0.2) is 12.3 Å². The van der Waals surface area contributed by atoms with E-state index in [0.717, 1.165) is 5.56 Å². The number of carbonyl (C=O) groups excluding carboxylic acids is 1. The molecule has 0 atom stereocenters. The third-order valence-electron chi connectivity index (χ3n) is 1.30. The van der Waals surface area contributed by atoms with Gasteiger partial charge in [-0.3, -0.25) is 4.79 Å². The van der Waals surface area contributed by atoms with Crippen molar-refractivity contribution in [1.82, 2.24) is 4.98 Å². The minimum absolute atomic E-state index is 0.453. The van der Waals surface area contributed by atoms with Gasteiger partial charge in [0.05, 0.1) is 5.69 Å². The maximum Gasteiger partial charge on any atom is 0.166 e. The first-order valence-electron chi connectivity index (χ1n) is 3.10. The Kier molecular flexibility index (Phi) is 1.96. The zero-order chi connectivity index (χ0) is 8.27. The van der Waals surface area contributed by atoms with Gasteiger partial charge in [0.1, 0.15) is 5.82 Å². The van der Waals surface area contributed by atoms with E-state index in [1.54, 1.807) is 12.1 Å². The molecule has 0 saturated carbocycles. The predicted octanol–water partition coefficient (Wildman–Crippen LogP) is 0.339. The van der Waals surface area contributed by atoms with E-state index in [2.05, 4.69) is 4.98 Å². The van der Waals surface area contributed by atoms with Crippen LogP contribution in [0.5, 0.6) is 0 Å². The first-order chi connectivity index (χ1) is 5.27. The quantitative estimate of drug-likeness (QED) is 0.533. The van der Waals surface area contributed by atoms with Gasteiger partial charge in [0.2, 0.25) is 0 Å². The van der Waals surface area contributed by atoms with Gasteiger partial charge in [-0.2, -0.15) is 0 Å². The second-order valence-corrected chi connectivity index (χ2v) is 2.07. The number of carbonyl (C=O) groups is 1. The average Bonchev–Trinajstić information content (AvgIpc) is 2.33. The fourth-order valence-electron chi connectivity index (χ4n) is 0.814. The topological polar surface area (TPSA) is 84.9 Å². The number of aromatic amines is 1. The van der Waals surface area contributed by atoms with Crippen LogP contribution in [0.25, 0.3) is 6.08 Å². The molecule has 0 aliphatic carbocycles. The molecule has 0 unspecified atom stereocenters. The largest absolute Gasteiger partial charge is 0.405 e. The SMILES string of the molecule is N/C=C\c1cc(C=O)[nH]c1N. The maximum absolute atomic E-state index is 10.2. The molecule has 1 aromatic heterocycles. The van der Waals surface area contributed by atoms with Crippen molar-refractivity contribution in [2.45, 2.75) is 0 Å². The summed E-state index contributed by atoms with van der Waals surface area (Å²) in [7, 11) is 0. The van der Waals surface area contributed by atoms with E-state index in [9.17, 15) is 4.79 Å². The Morgan fingerprint density at radius 1 is 1.55 bits per heavy atom. The van der Waals surface area contributed by atoms with Crippen molar-refractivity contribution in [3.63, 3.8) is 0 Å². The van der Waals surface area contributed by atoms with Crippen molar-refractivity contribution in [2.24, 2.45) is 5.73 Å². The Labute approximate surface area is 63.9 Å². The highest BCUT2D eigenvalue weighted by Crippen LogP contribution is 2.12. The Morgan fingerprint density at radius 3 is 2.73 bits per heavy atom. The first kappa shape index (κ1) is 7.40. The minimum Gasteiger partial charge on any atom is -0.405 e. The van der Waals surface area contributed by atoms with Crippen molar-refractivity contribution in [2.75, 3.05) is 5.73 Å². The third-order valence-corrected chi connectivity index (χ3v) is 1.30. The average molecular weight is 151 g/mol. The number of hydrogen-bond acceptors (Lipinski definition) is 3. The molecule has 0 aliphatic rings. The molecule has 0 bridgehead atoms. The van der Waals surface area contributed by atoms with Crippen molar-refractivity contribution >= 4 is 18.2 Å². The molecule has 0 saturated heterocycles. The highest BCUT2D eigenvalue weighted by molar-refractivity contribution is 5.77. The smallest absolute Gasteiger partial charge is 0.166 e. The fraction of sp³-hybridized carbons (Fsp3) is 0. The molecule has 5 N–H and O–H groups in total. The number of nitrogens with two attached hydrogens (primary N) is 2. The molecule has 0 fully saturated rings. The summed E-state index contributed by atoms with van der Waals surface area (Å²) in [6.45, 7) is 0. The van der Waals surface area contributed by atoms with Crippen LogP contribution in [0.2, 0.25) is 0 Å². The zero-order valence-electron chi connectivity index (χ0n) is 5.87. The predicted molar refractivity (Wildman–Crippen MR) is 43.8 cm³/mol. The van der Waals surface area contributed by atoms with E-state index in [-0.39, 0.29) is 0 Å². The van der Waals surface area contributed by atoms with Crippen LogP contribution in [-0.4, -0.2) is 11.3 Å². The Bertz CT molecular complexity index is 288. The highest BCUT2D eigenvalue weighted by atomic mass is 16.1. The van der Waals surface area contributed by atoms with E-state index in [1.807, 2.05) is 0 Å². The van der Waals surface area contributed by atoms with Gasteiger partial charge in [-0.25, -0.2) is 0 Å². The third kappa shape index (κ3) is 1.40. The number of hydrogen-bond donors (Lipinski definition) is 3. The van der Waals surface area contributed by atoms with Crippen molar-refractivity contribution in [3.8, 4) is 0 Å². The molecule has 11 heavy (non-hydrogen) atoms. The summed E-state index contributed by atoms with van der Waals surface area (Å²) in [5.41, 5.74) is 11.8. The van der Waals surface area contributed by atoms with Crippen LogP contribution in [0.1, 0.15) is 16.1 Å². The molecule has 4 nitrogen and oxygen atoms in total. The fourth-order valence-corrected chi connectivity index (χ4v) is 0.814. The number of aldehydes is 1. The lowest BCUT2D eigenvalue weighted by Gasteiger charge is -1.86. The van der Waals surface area contributed by atoms with Gasteiger partial charge in [0.15, 0.2) is 6.29 Å². The standard InChI is InChI=1S/C7H9N3O/c8-2-1-5-3-6(4-11)10-7(5)9/h1-4,10H,8-9H2/b2-1-. The summed E-state index contributed by atoms with van der Waals surface area (Å²) in [5, 5.41) is 0. The maximum atomic E-state index is 10.2. The lowest BCUT2D eigenvalue weighted by molar-refractivity contribution is 0.111. The molecule has 0 amide bonds. The van der Waals surface area contributed by atoms with Crippen LogP contribution >= 0.6 is 0 Å². The summed E-state index contributed by atoms with van der Waals surface area (Å²) >= 11 is 0. The van der Waals surface area contributed by atoms with Gasteiger partial charge in [-0.05, 0) is 18.3 Å². The van der Waals surface area contributed by atoms with Gasteiger partial charge in [0.25, 0.3) is 0 Å². The van der Waals surface area contributed by atoms with Crippen molar-refractivity contribution < 1.29 is 4.79 Å². The molecular weight excluding hydrogens is 142 g/mol. The second-order valence-electron chi connectivity index (χ2n) is 2.07. The molecule has 1 rings (SSSR count). The van der Waals surface area contributed by atoms with Gasteiger partial charge in [0, 0.05) is 5.56 Å². The number of anilines is 1. The molecule has 4 heteroatoms. The number of rotatable bonds is 2. The lowest BCUT2D eigenvalue weighted by Crippen LogP contribution is -1.87. The lowest BCUT2D eigenvalue weighted by atomic mass is 10.3. The van der Waals surface area contributed by atoms with E-state index < -0.39 is 0 Å². The summed E-state index contributed by atoms with van der Waals surface area (Å²) < 4.78 is 0. The minimum atomic E-state index is 0.453. The van der Waals surface area contributed by atoms with Crippen molar-refractivity contribution in [3.05, 3.63) is 23.5 Å². The van der Waals surface area contributed by atoms with E-state index in [4.69, 9.17) is 11.5 Å². The molecule has 0 aliphatic heterocycles. The number of nitrogen functional groups attached to an aromatic ring is 1. The van der Waals surface area contributed by atoms with Gasteiger partial charge in [-0.1, -0.05) is 0 Å². The van der Waals surface area contributed by atoms with E-state index in [1.165, 1.54) is 6.20 Å². The number of H-pyrrole nitrogens is 1. The molecular formula is C7H9N3O. The monoisotopic (exact) mass is 151 g/mol. The number of aromatic nitrogens is 1. The Balaban J connectivity index is 3.06. The van der Waals surface area contributed by atoms with E-state index >= 15 is 0 Å². The summed E-state index contributed by atoms with van der Waals surface area (Å²) in [4.78, 5) is 12.9. The summed E-state index contributed by atoms with van der Waals surface area (Å²) in [6, 6.07) is 1.63. The molecule has 0 aromatic carbocycles. The van der Waals surface area contributed by atoms with Gasteiger partial charge in [-0.15, -0.1) is 0 Å². The van der Waals surface area contributed by atoms with Crippen LogP contribution in [-0.2, 0) is 0 Å². The van der Waals surface area contributed by atoms with Crippen LogP contribution in [0.4, 0.5) is 5.82 Å². The van der Waals surface area contributed by atoms with Gasteiger partial charge >= 0.3 is 0 Å². The number of nitrogens with one attached hydrogen (secondary N) is 1. The second kappa shape index (κ2) is 2.92. The van der Waals surface area contributed by atoms with Crippen LogP contribution in [0.3, 0.4) is 0 Å². The Hall–Kier alpha value is -1.71. The van der Waals surface area contributed by atoms with E-state index in [0.29, 0.717) is 17.8 Å².